The lowest BCUT2D eigenvalue weighted by Gasteiger charge is -2.38. The molecule has 0 aromatic heterocycles. The molecular formula is C12H27NO2. The number of nitrogens with zero attached hydrogens (tertiary/aromatic N) is 1. The minimum Gasteiger partial charge on any atom is -0.396 e. The Hall–Kier alpha value is -0.120. The molecule has 2 N–H and O–H groups in total. The smallest absolute Gasteiger partial charge is 0.0468 e. The van der Waals surface area contributed by atoms with Crippen LogP contribution in [0, 0.1) is 11.8 Å². The van der Waals surface area contributed by atoms with E-state index in [1.165, 1.54) is 0 Å². The van der Waals surface area contributed by atoms with Gasteiger partial charge in [0.05, 0.1) is 0 Å². The molecule has 0 saturated carbocycles. The molecule has 0 aromatic carbocycles. The second-order valence-corrected chi connectivity index (χ2v) is 5.65. The lowest BCUT2D eigenvalue weighted by atomic mass is 10.0. The second-order valence-electron chi connectivity index (χ2n) is 5.65. The molecule has 0 spiro atoms. The van der Waals surface area contributed by atoms with Crippen LogP contribution in [0.25, 0.3) is 0 Å². The summed E-state index contributed by atoms with van der Waals surface area (Å²) in [7, 11) is 0. The second kappa shape index (κ2) is 6.46. The third-order valence-corrected chi connectivity index (χ3v) is 2.64. The molecule has 0 heterocycles. The van der Waals surface area contributed by atoms with Gasteiger partial charge in [0.25, 0.3) is 0 Å². The van der Waals surface area contributed by atoms with Gasteiger partial charge in [-0.15, -0.1) is 0 Å². The number of hydrogen-bond acceptors (Lipinski definition) is 3. The number of rotatable bonds is 6. The summed E-state index contributed by atoms with van der Waals surface area (Å²) in [5.41, 5.74) is 0.0901. The Labute approximate surface area is 94.1 Å². The van der Waals surface area contributed by atoms with Gasteiger partial charge in [-0.2, -0.15) is 0 Å². The van der Waals surface area contributed by atoms with Crippen LogP contribution in [0.5, 0.6) is 0 Å². The maximum atomic E-state index is 9.06. The van der Waals surface area contributed by atoms with Crippen LogP contribution in [0.4, 0.5) is 0 Å². The van der Waals surface area contributed by atoms with Crippen LogP contribution in [-0.2, 0) is 0 Å². The van der Waals surface area contributed by atoms with Crippen molar-refractivity contribution in [2.45, 2.75) is 40.2 Å². The van der Waals surface area contributed by atoms with Gasteiger partial charge in [-0.1, -0.05) is 13.8 Å². The van der Waals surface area contributed by atoms with Crippen LogP contribution >= 0.6 is 0 Å². The Morgan fingerprint density at radius 1 is 0.933 bits per heavy atom. The highest BCUT2D eigenvalue weighted by atomic mass is 16.3. The van der Waals surface area contributed by atoms with Crippen LogP contribution in [0.15, 0.2) is 0 Å². The largest absolute Gasteiger partial charge is 0.396 e. The predicted molar refractivity (Wildman–Crippen MR) is 63.8 cm³/mol. The summed E-state index contributed by atoms with van der Waals surface area (Å²) in [6.45, 7) is 12.8. The number of hydrogen-bond donors (Lipinski definition) is 2. The first-order valence-corrected chi connectivity index (χ1v) is 5.78. The van der Waals surface area contributed by atoms with Crippen molar-refractivity contribution in [3.05, 3.63) is 0 Å². The molecule has 0 aliphatic heterocycles. The molecule has 0 rings (SSSR count). The van der Waals surface area contributed by atoms with Gasteiger partial charge in [-0.3, -0.25) is 4.90 Å². The van der Waals surface area contributed by atoms with E-state index >= 15 is 0 Å². The third-order valence-electron chi connectivity index (χ3n) is 2.64. The summed E-state index contributed by atoms with van der Waals surface area (Å²) < 4.78 is 0. The van der Waals surface area contributed by atoms with Crippen LogP contribution in [-0.4, -0.2) is 47.0 Å². The van der Waals surface area contributed by atoms with Crippen LogP contribution in [0.2, 0.25) is 0 Å². The molecule has 3 nitrogen and oxygen atoms in total. The van der Waals surface area contributed by atoms with Gasteiger partial charge in [-0.05, 0) is 32.6 Å². The van der Waals surface area contributed by atoms with Gasteiger partial charge in [0, 0.05) is 31.8 Å². The Morgan fingerprint density at radius 3 is 1.47 bits per heavy atom. The van der Waals surface area contributed by atoms with E-state index in [1.54, 1.807) is 0 Å². The first kappa shape index (κ1) is 14.9. The van der Waals surface area contributed by atoms with Gasteiger partial charge >= 0.3 is 0 Å². The van der Waals surface area contributed by atoms with Crippen molar-refractivity contribution in [2.24, 2.45) is 11.8 Å². The zero-order valence-corrected chi connectivity index (χ0v) is 10.8. The maximum Gasteiger partial charge on any atom is 0.0468 e. The maximum absolute atomic E-state index is 9.06. The van der Waals surface area contributed by atoms with Crippen molar-refractivity contribution in [3.63, 3.8) is 0 Å². The average Bonchev–Trinajstić information content (AvgIpc) is 2.14. The highest BCUT2D eigenvalue weighted by Crippen LogP contribution is 2.17. The van der Waals surface area contributed by atoms with Gasteiger partial charge in [0.2, 0.25) is 0 Å². The molecule has 2 atom stereocenters. The highest BCUT2D eigenvalue weighted by Gasteiger charge is 2.24. The quantitative estimate of drug-likeness (QED) is 0.706. The van der Waals surface area contributed by atoms with E-state index in [4.69, 9.17) is 10.2 Å². The molecule has 0 amide bonds. The van der Waals surface area contributed by atoms with Crippen LogP contribution in [0.1, 0.15) is 34.6 Å². The fourth-order valence-corrected chi connectivity index (χ4v) is 1.49. The molecule has 0 aliphatic carbocycles. The summed E-state index contributed by atoms with van der Waals surface area (Å²) >= 11 is 0. The molecule has 2 unspecified atom stereocenters. The van der Waals surface area contributed by atoms with E-state index in [2.05, 4.69) is 25.7 Å². The zero-order chi connectivity index (χ0) is 12.1. The van der Waals surface area contributed by atoms with Gasteiger partial charge in [0.1, 0.15) is 0 Å². The van der Waals surface area contributed by atoms with Crippen molar-refractivity contribution < 1.29 is 10.2 Å². The standard InChI is InChI=1S/C12H27NO2/c1-10(8-14)6-13(12(3,4)5)7-11(2)9-15/h10-11,14-15H,6-9H2,1-5H3. The van der Waals surface area contributed by atoms with Gasteiger partial charge in [-0.25, -0.2) is 0 Å². The Balaban J connectivity index is 4.32. The lowest BCUT2D eigenvalue weighted by Crippen LogP contribution is -2.46. The van der Waals surface area contributed by atoms with Crippen molar-refractivity contribution in [2.75, 3.05) is 26.3 Å². The van der Waals surface area contributed by atoms with Crippen LogP contribution in [0.3, 0.4) is 0 Å². The molecule has 15 heavy (non-hydrogen) atoms. The molecule has 0 bridgehead atoms. The van der Waals surface area contributed by atoms with E-state index in [1.807, 2.05) is 13.8 Å². The first-order valence-electron chi connectivity index (χ1n) is 5.78. The molecule has 0 saturated heterocycles. The van der Waals surface area contributed by atoms with E-state index in [-0.39, 0.29) is 30.6 Å². The summed E-state index contributed by atoms with van der Waals surface area (Å²) in [6, 6.07) is 0. The predicted octanol–water partition coefficient (Wildman–Crippen LogP) is 1.34. The molecular weight excluding hydrogens is 190 g/mol. The molecule has 0 fully saturated rings. The highest BCUT2D eigenvalue weighted by molar-refractivity contribution is 4.79. The molecule has 0 aromatic rings. The minimum absolute atomic E-state index is 0.0901. The zero-order valence-electron chi connectivity index (χ0n) is 10.8. The van der Waals surface area contributed by atoms with Crippen LogP contribution < -0.4 is 0 Å². The Kier molecular flexibility index (Phi) is 6.41. The molecule has 0 radical (unpaired) electrons. The SMILES string of the molecule is CC(CO)CN(CC(C)CO)C(C)(C)C. The number of aliphatic hydroxyl groups is 2. The summed E-state index contributed by atoms with van der Waals surface area (Å²) in [5, 5.41) is 18.1. The average molecular weight is 217 g/mol. The van der Waals surface area contributed by atoms with E-state index in [0.29, 0.717) is 0 Å². The summed E-state index contributed by atoms with van der Waals surface area (Å²) in [5.74, 6) is 0.574. The third kappa shape index (κ3) is 6.13. The fraction of sp³-hybridized carbons (Fsp3) is 1.00. The normalized spacial score (nSPS) is 16.8. The minimum atomic E-state index is 0.0901. The lowest BCUT2D eigenvalue weighted by molar-refractivity contribution is 0.0693. The van der Waals surface area contributed by atoms with E-state index < -0.39 is 0 Å². The Bertz CT molecular complexity index is 153. The van der Waals surface area contributed by atoms with Crippen molar-refractivity contribution in [1.29, 1.82) is 0 Å². The molecule has 0 aliphatic rings. The van der Waals surface area contributed by atoms with Gasteiger partial charge < -0.3 is 10.2 Å². The summed E-state index contributed by atoms with van der Waals surface area (Å²) in [6.07, 6.45) is 0. The molecule has 92 valence electrons. The monoisotopic (exact) mass is 217 g/mol. The van der Waals surface area contributed by atoms with Crippen molar-refractivity contribution in [1.82, 2.24) is 4.90 Å². The van der Waals surface area contributed by atoms with E-state index in [0.717, 1.165) is 13.1 Å². The fourth-order valence-electron chi connectivity index (χ4n) is 1.49. The van der Waals surface area contributed by atoms with Crippen molar-refractivity contribution in [3.8, 4) is 0 Å². The van der Waals surface area contributed by atoms with Crippen molar-refractivity contribution >= 4 is 0 Å². The van der Waals surface area contributed by atoms with Gasteiger partial charge in [0.15, 0.2) is 0 Å². The topological polar surface area (TPSA) is 43.7 Å². The van der Waals surface area contributed by atoms with E-state index in [9.17, 15) is 0 Å². The number of aliphatic hydroxyl groups excluding tert-OH is 2. The Morgan fingerprint density at radius 2 is 1.27 bits per heavy atom. The molecule has 3 heteroatoms. The summed E-state index contributed by atoms with van der Waals surface area (Å²) in [4.78, 5) is 2.33. The first-order chi connectivity index (χ1) is 6.81.